The normalized spacial score (nSPS) is 10.8. The van der Waals surface area contributed by atoms with E-state index in [1.807, 2.05) is 43.3 Å². The number of para-hydroxylation sites is 2. The molecular formula is C17H16ClNOS. The van der Waals surface area contributed by atoms with Crippen LogP contribution in [0, 0.1) is 0 Å². The Morgan fingerprint density at radius 1 is 1.10 bits per heavy atom. The molecule has 0 unspecified atom stereocenters. The molecule has 0 aliphatic rings. The second kappa shape index (κ2) is 6.37. The predicted octanol–water partition coefficient (Wildman–Crippen LogP) is 5.57. The fraction of sp³-hybridized carbons (Fsp3) is 0.176. The fourth-order valence-electron chi connectivity index (χ4n) is 2.25. The number of halogens is 1. The van der Waals surface area contributed by atoms with Crippen LogP contribution in [0.4, 0.5) is 5.69 Å². The van der Waals surface area contributed by atoms with Gasteiger partial charge < -0.3 is 10.1 Å². The smallest absolute Gasteiger partial charge is 0.142 e. The van der Waals surface area contributed by atoms with Gasteiger partial charge in [-0.1, -0.05) is 41.9 Å². The van der Waals surface area contributed by atoms with E-state index in [0.717, 1.165) is 26.7 Å². The van der Waals surface area contributed by atoms with Gasteiger partial charge in [-0.15, -0.1) is 11.3 Å². The minimum absolute atomic E-state index is 0.655. The highest BCUT2D eigenvalue weighted by Crippen LogP contribution is 2.36. The number of fused-ring (bicyclic) bond motifs is 1. The van der Waals surface area contributed by atoms with E-state index in [1.165, 1.54) is 4.70 Å². The molecule has 0 aliphatic carbocycles. The second-order valence-corrected chi connectivity index (χ2v) is 6.13. The van der Waals surface area contributed by atoms with E-state index < -0.39 is 0 Å². The molecule has 0 amide bonds. The first-order valence-corrected chi connectivity index (χ1v) is 8.10. The predicted molar refractivity (Wildman–Crippen MR) is 91.8 cm³/mol. The molecule has 3 aromatic rings. The number of hydrogen-bond acceptors (Lipinski definition) is 3. The Hall–Kier alpha value is -1.71. The van der Waals surface area contributed by atoms with E-state index in [0.29, 0.717) is 13.2 Å². The lowest BCUT2D eigenvalue weighted by Gasteiger charge is -2.11. The first kappa shape index (κ1) is 14.2. The van der Waals surface area contributed by atoms with E-state index in [1.54, 1.807) is 11.3 Å². The van der Waals surface area contributed by atoms with Crippen molar-refractivity contribution in [2.75, 3.05) is 11.9 Å². The van der Waals surface area contributed by atoms with Crippen LogP contribution >= 0.6 is 22.9 Å². The molecule has 3 rings (SSSR count). The van der Waals surface area contributed by atoms with Crippen molar-refractivity contribution < 1.29 is 4.74 Å². The zero-order valence-electron chi connectivity index (χ0n) is 11.7. The summed E-state index contributed by atoms with van der Waals surface area (Å²) >= 11 is 8.19. The van der Waals surface area contributed by atoms with Crippen LogP contribution in [-0.2, 0) is 6.54 Å². The minimum Gasteiger partial charge on any atom is -0.492 e. The van der Waals surface area contributed by atoms with Gasteiger partial charge in [-0.3, -0.25) is 0 Å². The molecule has 0 aliphatic heterocycles. The fourth-order valence-corrected chi connectivity index (χ4v) is 3.69. The highest BCUT2D eigenvalue weighted by molar-refractivity contribution is 7.19. The van der Waals surface area contributed by atoms with Crippen molar-refractivity contribution in [1.82, 2.24) is 0 Å². The number of rotatable bonds is 5. The first-order chi connectivity index (χ1) is 10.3. The quantitative estimate of drug-likeness (QED) is 0.664. The zero-order chi connectivity index (χ0) is 14.7. The van der Waals surface area contributed by atoms with Crippen LogP contribution in [0.3, 0.4) is 0 Å². The standard InChI is InChI=1S/C17H16ClNOS/c1-2-20-14-9-5-4-8-13(14)19-11-16-17(18)12-7-3-6-10-15(12)21-16/h3-10,19H,2,11H2,1H3. The Morgan fingerprint density at radius 3 is 2.67 bits per heavy atom. The lowest BCUT2D eigenvalue weighted by atomic mass is 10.2. The van der Waals surface area contributed by atoms with Crippen LogP contribution in [0.1, 0.15) is 11.8 Å². The number of benzene rings is 2. The van der Waals surface area contributed by atoms with E-state index in [2.05, 4.69) is 17.4 Å². The topological polar surface area (TPSA) is 21.3 Å². The molecule has 1 heterocycles. The molecule has 2 nitrogen and oxygen atoms in total. The molecule has 0 spiro atoms. The molecule has 0 saturated heterocycles. The molecule has 0 fully saturated rings. The van der Waals surface area contributed by atoms with Gasteiger partial charge in [0.05, 0.1) is 23.9 Å². The van der Waals surface area contributed by atoms with Gasteiger partial charge >= 0.3 is 0 Å². The van der Waals surface area contributed by atoms with Gasteiger partial charge in [-0.25, -0.2) is 0 Å². The van der Waals surface area contributed by atoms with Crippen LogP contribution in [-0.4, -0.2) is 6.61 Å². The third kappa shape index (κ3) is 2.99. The summed E-state index contributed by atoms with van der Waals surface area (Å²) in [5, 5.41) is 5.39. The summed E-state index contributed by atoms with van der Waals surface area (Å²) < 4.78 is 6.84. The van der Waals surface area contributed by atoms with Gasteiger partial charge in [0.25, 0.3) is 0 Å². The van der Waals surface area contributed by atoms with Crippen molar-refractivity contribution in [2.45, 2.75) is 13.5 Å². The molecule has 0 saturated carbocycles. The molecule has 0 bridgehead atoms. The molecule has 1 aromatic heterocycles. The molecule has 21 heavy (non-hydrogen) atoms. The Morgan fingerprint density at radius 2 is 1.86 bits per heavy atom. The SMILES string of the molecule is CCOc1ccccc1NCc1sc2ccccc2c1Cl. The Balaban J connectivity index is 1.82. The second-order valence-electron chi connectivity index (χ2n) is 4.62. The molecular weight excluding hydrogens is 302 g/mol. The van der Waals surface area contributed by atoms with Crippen molar-refractivity contribution in [3.8, 4) is 5.75 Å². The molecule has 108 valence electrons. The van der Waals surface area contributed by atoms with Crippen molar-refractivity contribution in [2.24, 2.45) is 0 Å². The Labute approximate surface area is 133 Å². The van der Waals surface area contributed by atoms with Gasteiger partial charge in [-0.05, 0) is 25.1 Å². The van der Waals surface area contributed by atoms with Crippen LogP contribution < -0.4 is 10.1 Å². The number of ether oxygens (including phenoxy) is 1. The van der Waals surface area contributed by atoms with Crippen LogP contribution in [0.25, 0.3) is 10.1 Å². The summed E-state index contributed by atoms with van der Waals surface area (Å²) in [6.07, 6.45) is 0. The molecule has 0 atom stereocenters. The van der Waals surface area contributed by atoms with Crippen LogP contribution in [0.15, 0.2) is 48.5 Å². The van der Waals surface area contributed by atoms with Gasteiger partial charge in [0.15, 0.2) is 0 Å². The van der Waals surface area contributed by atoms with Crippen molar-refractivity contribution in [1.29, 1.82) is 0 Å². The summed E-state index contributed by atoms with van der Waals surface area (Å²) in [6, 6.07) is 16.2. The third-order valence-corrected chi connectivity index (χ3v) is 4.94. The monoisotopic (exact) mass is 317 g/mol. The van der Waals surface area contributed by atoms with Crippen molar-refractivity contribution in [3.63, 3.8) is 0 Å². The lowest BCUT2D eigenvalue weighted by Crippen LogP contribution is -2.01. The van der Waals surface area contributed by atoms with Gasteiger partial charge in [-0.2, -0.15) is 0 Å². The summed E-state index contributed by atoms with van der Waals surface area (Å²) in [5.41, 5.74) is 0.993. The molecule has 4 heteroatoms. The molecule has 0 radical (unpaired) electrons. The zero-order valence-corrected chi connectivity index (χ0v) is 13.3. The number of hydrogen-bond donors (Lipinski definition) is 1. The van der Waals surface area contributed by atoms with Gasteiger partial charge in [0.2, 0.25) is 0 Å². The maximum absolute atomic E-state index is 6.46. The summed E-state index contributed by atoms with van der Waals surface area (Å²) in [4.78, 5) is 1.14. The first-order valence-electron chi connectivity index (χ1n) is 6.91. The van der Waals surface area contributed by atoms with Crippen LogP contribution in [0.2, 0.25) is 5.02 Å². The maximum atomic E-state index is 6.46. The third-order valence-electron chi connectivity index (χ3n) is 3.23. The van der Waals surface area contributed by atoms with E-state index in [-0.39, 0.29) is 0 Å². The van der Waals surface area contributed by atoms with E-state index in [4.69, 9.17) is 16.3 Å². The van der Waals surface area contributed by atoms with Crippen molar-refractivity contribution in [3.05, 3.63) is 58.4 Å². The highest BCUT2D eigenvalue weighted by atomic mass is 35.5. The summed E-state index contributed by atoms with van der Waals surface area (Å²) in [6.45, 7) is 3.34. The highest BCUT2D eigenvalue weighted by Gasteiger charge is 2.10. The average molecular weight is 318 g/mol. The van der Waals surface area contributed by atoms with E-state index in [9.17, 15) is 0 Å². The minimum atomic E-state index is 0.655. The van der Waals surface area contributed by atoms with Crippen molar-refractivity contribution >= 4 is 38.7 Å². The average Bonchev–Trinajstić information content (AvgIpc) is 2.84. The Kier molecular flexibility index (Phi) is 4.32. The van der Waals surface area contributed by atoms with Crippen LogP contribution in [0.5, 0.6) is 5.75 Å². The van der Waals surface area contributed by atoms with Gasteiger partial charge in [0, 0.05) is 15.0 Å². The number of thiophene rings is 1. The number of anilines is 1. The number of nitrogens with one attached hydrogen (secondary N) is 1. The summed E-state index contributed by atoms with van der Waals surface area (Å²) in [7, 11) is 0. The molecule has 2 aromatic carbocycles. The Bertz CT molecular complexity index is 753. The summed E-state index contributed by atoms with van der Waals surface area (Å²) in [5.74, 6) is 0.872. The lowest BCUT2D eigenvalue weighted by molar-refractivity contribution is 0.341. The van der Waals surface area contributed by atoms with E-state index >= 15 is 0 Å². The molecule has 1 N–H and O–H groups in total. The van der Waals surface area contributed by atoms with Gasteiger partial charge in [0.1, 0.15) is 5.75 Å². The largest absolute Gasteiger partial charge is 0.492 e. The maximum Gasteiger partial charge on any atom is 0.142 e.